The highest BCUT2D eigenvalue weighted by Gasteiger charge is 2.19. The summed E-state index contributed by atoms with van der Waals surface area (Å²) in [5.74, 6) is 1.43. The van der Waals surface area contributed by atoms with Crippen LogP contribution in [0.1, 0.15) is 18.5 Å². The minimum absolute atomic E-state index is 0.0222. The maximum Gasteiger partial charge on any atom is 0.253 e. The van der Waals surface area contributed by atoms with Gasteiger partial charge in [0.2, 0.25) is 0 Å². The van der Waals surface area contributed by atoms with Crippen molar-refractivity contribution < 1.29 is 14.6 Å². The smallest absolute Gasteiger partial charge is 0.253 e. The zero-order valence-corrected chi connectivity index (χ0v) is 16.1. The maximum absolute atomic E-state index is 12.1. The number of hydrogen-bond acceptors (Lipinski definition) is 5. The van der Waals surface area contributed by atoms with E-state index >= 15 is 0 Å². The number of hydrogen-bond donors (Lipinski definition) is 1. The Morgan fingerprint density at radius 2 is 2.07 bits per heavy atom. The van der Waals surface area contributed by atoms with Crippen LogP contribution in [0.2, 0.25) is 0 Å². The molecule has 0 unspecified atom stereocenters. The molecule has 7 nitrogen and oxygen atoms in total. The van der Waals surface area contributed by atoms with Crippen LogP contribution in [0.15, 0.2) is 35.3 Å². The average molecular weight is 371 g/mol. The molecule has 1 aromatic carbocycles. The first-order valence-electron chi connectivity index (χ1n) is 8.88. The summed E-state index contributed by atoms with van der Waals surface area (Å²) in [7, 11) is 3.41. The maximum atomic E-state index is 12.1. The number of aliphatic hydroxyl groups is 1. The second-order valence-corrected chi connectivity index (χ2v) is 6.66. The normalized spacial score (nSPS) is 12.5. The van der Waals surface area contributed by atoms with E-state index in [1.807, 2.05) is 24.3 Å². The molecule has 3 aromatic rings. The Morgan fingerprint density at radius 1 is 1.30 bits per heavy atom. The summed E-state index contributed by atoms with van der Waals surface area (Å²) in [6.45, 7) is 4.60. The molecular weight excluding hydrogens is 346 g/mol. The molecule has 2 heterocycles. The van der Waals surface area contributed by atoms with Crippen molar-refractivity contribution in [1.82, 2.24) is 14.1 Å². The molecule has 3 rings (SSSR count). The van der Waals surface area contributed by atoms with Crippen LogP contribution in [0.25, 0.3) is 22.4 Å². The predicted molar refractivity (Wildman–Crippen MR) is 104 cm³/mol. The van der Waals surface area contributed by atoms with Gasteiger partial charge in [-0.2, -0.15) is 0 Å². The van der Waals surface area contributed by atoms with E-state index in [0.29, 0.717) is 17.9 Å². The molecule has 0 aliphatic heterocycles. The molecule has 0 fully saturated rings. The first kappa shape index (κ1) is 19.1. The van der Waals surface area contributed by atoms with Gasteiger partial charge >= 0.3 is 0 Å². The van der Waals surface area contributed by atoms with Crippen molar-refractivity contribution >= 4 is 11.0 Å². The van der Waals surface area contributed by atoms with Crippen LogP contribution in [0.3, 0.4) is 0 Å². The minimum Gasteiger partial charge on any atom is -0.491 e. The molecule has 2 aromatic heterocycles. The second-order valence-electron chi connectivity index (χ2n) is 6.66. The summed E-state index contributed by atoms with van der Waals surface area (Å²) >= 11 is 0. The number of benzene rings is 1. The summed E-state index contributed by atoms with van der Waals surface area (Å²) in [5, 5.41) is 8.96. The number of pyridine rings is 1. The SMILES string of the molecule is COC[C@H](C)n1c(-c2cc(C)c(=O)n(C)c2)nc2cc(OCCO)ccc21. The fourth-order valence-corrected chi connectivity index (χ4v) is 3.30. The lowest BCUT2D eigenvalue weighted by Gasteiger charge is -2.17. The minimum atomic E-state index is -0.0417. The average Bonchev–Trinajstić information content (AvgIpc) is 3.03. The van der Waals surface area contributed by atoms with Crippen LogP contribution in [-0.4, -0.2) is 46.2 Å². The fourth-order valence-electron chi connectivity index (χ4n) is 3.30. The fraction of sp³-hybridized carbons (Fsp3) is 0.400. The Labute approximate surface area is 157 Å². The second kappa shape index (κ2) is 7.94. The van der Waals surface area contributed by atoms with Crippen molar-refractivity contribution in [3.63, 3.8) is 0 Å². The molecule has 1 N–H and O–H groups in total. The van der Waals surface area contributed by atoms with Crippen LogP contribution in [0.4, 0.5) is 0 Å². The first-order chi connectivity index (χ1) is 13.0. The van der Waals surface area contributed by atoms with Gasteiger partial charge in [-0.05, 0) is 32.0 Å². The van der Waals surface area contributed by atoms with Gasteiger partial charge in [0.15, 0.2) is 0 Å². The molecule has 0 radical (unpaired) electrons. The lowest BCUT2D eigenvalue weighted by atomic mass is 10.2. The van der Waals surface area contributed by atoms with Crippen LogP contribution in [-0.2, 0) is 11.8 Å². The number of aryl methyl sites for hydroxylation is 2. The van der Waals surface area contributed by atoms with Crippen molar-refractivity contribution in [3.8, 4) is 17.1 Å². The largest absolute Gasteiger partial charge is 0.491 e. The molecule has 27 heavy (non-hydrogen) atoms. The van der Waals surface area contributed by atoms with E-state index in [-0.39, 0.29) is 24.8 Å². The van der Waals surface area contributed by atoms with E-state index in [1.165, 1.54) is 0 Å². The quantitative estimate of drug-likeness (QED) is 0.689. The van der Waals surface area contributed by atoms with Crippen LogP contribution < -0.4 is 10.3 Å². The Morgan fingerprint density at radius 3 is 2.74 bits per heavy atom. The Hall–Kier alpha value is -2.64. The van der Waals surface area contributed by atoms with Gasteiger partial charge in [0.05, 0.1) is 30.3 Å². The van der Waals surface area contributed by atoms with E-state index < -0.39 is 0 Å². The highest BCUT2D eigenvalue weighted by Crippen LogP contribution is 2.30. The van der Waals surface area contributed by atoms with Gasteiger partial charge in [0.1, 0.15) is 18.2 Å². The molecule has 0 saturated heterocycles. The van der Waals surface area contributed by atoms with Crippen molar-refractivity contribution in [2.24, 2.45) is 7.05 Å². The van der Waals surface area contributed by atoms with Crippen molar-refractivity contribution in [3.05, 3.63) is 46.4 Å². The van der Waals surface area contributed by atoms with Gasteiger partial charge in [-0.1, -0.05) is 0 Å². The standard InChI is InChI=1S/C20H25N3O4/c1-13-9-15(11-22(3)20(13)25)19-21-17-10-16(27-8-7-24)5-6-18(17)23(19)14(2)12-26-4/h5-6,9-11,14,24H,7-8,12H2,1-4H3/t14-/m0/s1. The third-order valence-electron chi connectivity index (χ3n) is 4.49. The van der Waals surface area contributed by atoms with Crippen LogP contribution >= 0.6 is 0 Å². The number of rotatable bonds is 7. The Bertz CT molecular complexity index is 980. The number of ether oxygens (including phenoxy) is 2. The highest BCUT2D eigenvalue weighted by molar-refractivity contribution is 5.82. The molecule has 0 aliphatic carbocycles. The van der Waals surface area contributed by atoms with Gasteiger partial charge < -0.3 is 23.7 Å². The lowest BCUT2D eigenvalue weighted by Crippen LogP contribution is -2.19. The van der Waals surface area contributed by atoms with Gasteiger partial charge in [0.25, 0.3) is 5.56 Å². The van der Waals surface area contributed by atoms with Crippen LogP contribution in [0.5, 0.6) is 5.75 Å². The summed E-state index contributed by atoms with van der Waals surface area (Å²) in [6.07, 6.45) is 1.80. The van der Waals surface area contributed by atoms with E-state index in [2.05, 4.69) is 11.5 Å². The molecule has 0 amide bonds. The highest BCUT2D eigenvalue weighted by atomic mass is 16.5. The summed E-state index contributed by atoms with van der Waals surface area (Å²) < 4.78 is 14.6. The Kier molecular flexibility index (Phi) is 5.62. The zero-order valence-electron chi connectivity index (χ0n) is 16.1. The summed E-state index contributed by atoms with van der Waals surface area (Å²) in [4.78, 5) is 16.9. The van der Waals surface area contributed by atoms with Gasteiger partial charge in [-0.3, -0.25) is 4.79 Å². The third-order valence-corrected chi connectivity index (χ3v) is 4.49. The number of fused-ring (bicyclic) bond motifs is 1. The molecule has 144 valence electrons. The molecule has 0 bridgehead atoms. The summed E-state index contributed by atoms with van der Waals surface area (Å²) in [5.41, 5.74) is 3.25. The molecule has 0 aliphatic rings. The van der Waals surface area contributed by atoms with Crippen molar-refractivity contribution in [1.29, 1.82) is 0 Å². The van der Waals surface area contributed by atoms with Gasteiger partial charge in [0, 0.05) is 37.5 Å². The monoisotopic (exact) mass is 371 g/mol. The number of aliphatic hydroxyl groups excluding tert-OH is 1. The molecule has 1 atom stereocenters. The van der Waals surface area contributed by atoms with E-state index in [4.69, 9.17) is 19.6 Å². The molecule has 0 saturated carbocycles. The predicted octanol–water partition coefficient (Wildman–Crippen LogP) is 2.29. The molecule has 7 heteroatoms. The van der Waals surface area contributed by atoms with E-state index in [0.717, 1.165) is 22.4 Å². The number of methoxy groups -OCH3 is 1. The molecule has 0 spiro atoms. The number of aromatic nitrogens is 3. The van der Waals surface area contributed by atoms with Crippen LogP contribution in [0, 0.1) is 6.92 Å². The zero-order chi connectivity index (χ0) is 19.6. The first-order valence-corrected chi connectivity index (χ1v) is 8.88. The lowest BCUT2D eigenvalue weighted by molar-refractivity contribution is 0.164. The Balaban J connectivity index is 2.20. The molecular formula is C20H25N3O4. The van der Waals surface area contributed by atoms with Crippen molar-refractivity contribution in [2.75, 3.05) is 26.9 Å². The van der Waals surface area contributed by atoms with E-state index in [9.17, 15) is 4.79 Å². The third kappa shape index (κ3) is 3.74. The number of imidazole rings is 1. The topological polar surface area (TPSA) is 78.5 Å². The summed E-state index contributed by atoms with van der Waals surface area (Å²) in [6, 6.07) is 7.60. The van der Waals surface area contributed by atoms with Gasteiger partial charge in [-0.15, -0.1) is 0 Å². The number of nitrogens with zero attached hydrogens (tertiary/aromatic N) is 3. The van der Waals surface area contributed by atoms with Crippen molar-refractivity contribution in [2.45, 2.75) is 19.9 Å². The van der Waals surface area contributed by atoms with E-state index in [1.54, 1.807) is 31.8 Å². The van der Waals surface area contributed by atoms with Gasteiger partial charge in [-0.25, -0.2) is 4.98 Å².